The molecule has 1 aliphatic heterocycles. The van der Waals surface area contributed by atoms with Crippen LogP contribution in [0.15, 0.2) is 53.7 Å². The van der Waals surface area contributed by atoms with Crippen LogP contribution in [0.2, 0.25) is 0 Å². The molecule has 0 amide bonds. The molecule has 1 heterocycles. The van der Waals surface area contributed by atoms with E-state index in [2.05, 4.69) is 29.8 Å². The summed E-state index contributed by atoms with van der Waals surface area (Å²) in [5, 5.41) is 0. The Kier molecular flexibility index (Phi) is 5.41. The van der Waals surface area contributed by atoms with E-state index in [0.717, 1.165) is 25.7 Å². The average Bonchev–Trinajstić information content (AvgIpc) is 2.25. The first kappa shape index (κ1) is 10.7. The van der Waals surface area contributed by atoms with Crippen molar-refractivity contribution in [3.05, 3.63) is 48.7 Å². The number of nitrogens with zero attached hydrogens (tertiary/aromatic N) is 1. The molecule has 1 heteroatoms. The number of hydrogen-bond donors (Lipinski definition) is 0. The Bertz CT molecular complexity index is 280. The highest BCUT2D eigenvalue weighted by atomic mass is 14.7. The van der Waals surface area contributed by atoms with Gasteiger partial charge >= 0.3 is 0 Å². The highest BCUT2D eigenvalue weighted by Gasteiger charge is 1.95. The molecule has 1 aliphatic rings. The topological polar surface area (TPSA) is 12.4 Å². The molecule has 0 aliphatic carbocycles. The summed E-state index contributed by atoms with van der Waals surface area (Å²) in [4.78, 5) is 4.33. The second-order valence-electron chi connectivity index (χ2n) is 3.17. The van der Waals surface area contributed by atoms with Crippen LogP contribution in [0.1, 0.15) is 25.7 Å². The van der Waals surface area contributed by atoms with Gasteiger partial charge in [0.15, 0.2) is 0 Å². The normalized spacial score (nSPS) is 16.4. The van der Waals surface area contributed by atoms with Gasteiger partial charge in [-0.2, -0.15) is 0 Å². The zero-order chi connectivity index (χ0) is 10.1. The van der Waals surface area contributed by atoms with E-state index in [1.54, 1.807) is 6.08 Å². The Morgan fingerprint density at radius 1 is 1.29 bits per heavy atom. The van der Waals surface area contributed by atoms with Gasteiger partial charge in [0.1, 0.15) is 0 Å². The summed E-state index contributed by atoms with van der Waals surface area (Å²) in [5.41, 5.74) is 1.23. The van der Waals surface area contributed by atoms with E-state index < -0.39 is 0 Å². The molecular formula is C13H17N. The van der Waals surface area contributed by atoms with Crippen molar-refractivity contribution >= 4 is 6.21 Å². The van der Waals surface area contributed by atoms with Crippen molar-refractivity contribution in [1.82, 2.24) is 0 Å². The Hall–Kier alpha value is -1.37. The van der Waals surface area contributed by atoms with E-state index in [0.29, 0.717) is 0 Å². The maximum Gasteiger partial charge on any atom is 0.0363 e. The molecule has 0 fully saturated rings. The Morgan fingerprint density at radius 2 is 2.21 bits per heavy atom. The molecule has 1 rings (SSSR count). The third kappa shape index (κ3) is 4.61. The van der Waals surface area contributed by atoms with E-state index >= 15 is 0 Å². The van der Waals surface area contributed by atoms with Crippen molar-refractivity contribution in [1.29, 1.82) is 0 Å². The standard InChI is InChI=1S/C13H17N/c1-2-3-4-5-6-7-10-13-11-8-9-12-14-13/h2-6,11-12H,1,7-10H2/b4-3-,6-5+. The van der Waals surface area contributed by atoms with Gasteiger partial charge in [-0.05, 0) is 25.7 Å². The van der Waals surface area contributed by atoms with Crippen molar-refractivity contribution in [2.24, 2.45) is 4.99 Å². The molecule has 14 heavy (non-hydrogen) atoms. The molecule has 0 aromatic rings. The van der Waals surface area contributed by atoms with Crippen LogP contribution >= 0.6 is 0 Å². The molecule has 0 atom stereocenters. The second kappa shape index (κ2) is 7.07. The van der Waals surface area contributed by atoms with Gasteiger partial charge in [-0.15, -0.1) is 0 Å². The fourth-order valence-electron chi connectivity index (χ4n) is 1.27. The summed E-state index contributed by atoms with van der Waals surface area (Å²) < 4.78 is 0. The molecule has 0 bridgehead atoms. The van der Waals surface area contributed by atoms with Crippen LogP contribution in [0, 0.1) is 0 Å². The van der Waals surface area contributed by atoms with Gasteiger partial charge in [0.05, 0.1) is 0 Å². The van der Waals surface area contributed by atoms with E-state index in [4.69, 9.17) is 0 Å². The van der Waals surface area contributed by atoms with E-state index in [1.807, 2.05) is 18.4 Å². The number of hydrogen-bond acceptors (Lipinski definition) is 1. The minimum absolute atomic E-state index is 1.05. The van der Waals surface area contributed by atoms with Gasteiger partial charge in [0.25, 0.3) is 0 Å². The minimum atomic E-state index is 1.05. The van der Waals surface area contributed by atoms with Crippen molar-refractivity contribution in [2.75, 3.05) is 0 Å². The summed E-state index contributed by atoms with van der Waals surface area (Å²) in [6, 6.07) is 0. The first-order valence-corrected chi connectivity index (χ1v) is 5.09. The Labute approximate surface area is 86.2 Å². The maximum atomic E-state index is 4.33. The number of aliphatic imine (C=N–C) groups is 1. The predicted molar refractivity (Wildman–Crippen MR) is 63.5 cm³/mol. The van der Waals surface area contributed by atoms with Crippen molar-refractivity contribution in [3.8, 4) is 0 Å². The lowest BCUT2D eigenvalue weighted by atomic mass is 10.1. The van der Waals surface area contributed by atoms with Gasteiger partial charge in [0.2, 0.25) is 0 Å². The molecule has 0 N–H and O–H groups in total. The van der Waals surface area contributed by atoms with Crippen molar-refractivity contribution in [3.63, 3.8) is 0 Å². The molecule has 0 saturated heterocycles. The third-order valence-electron chi connectivity index (χ3n) is 1.99. The number of rotatable bonds is 5. The van der Waals surface area contributed by atoms with Crippen LogP contribution in [0.3, 0.4) is 0 Å². The quantitative estimate of drug-likeness (QED) is 0.580. The summed E-state index contributed by atoms with van der Waals surface area (Å²) in [6.45, 7) is 3.60. The largest absolute Gasteiger partial charge is 0.266 e. The van der Waals surface area contributed by atoms with E-state index in [-0.39, 0.29) is 0 Å². The second-order valence-corrected chi connectivity index (χ2v) is 3.17. The van der Waals surface area contributed by atoms with E-state index in [9.17, 15) is 0 Å². The van der Waals surface area contributed by atoms with Gasteiger partial charge in [-0.25, -0.2) is 0 Å². The van der Waals surface area contributed by atoms with Crippen LogP contribution in [0.4, 0.5) is 0 Å². The smallest absolute Gasteiger partial charge is 0.0363 e. The maximum absolute atomic E-state index is 4.33. The lowest BCUT2D eigenvalue weighted by molar-refractivity contribution is 0.917. The van der Waals surface area contributed by atoms with Crippen LogP contribution < -0.4 is 0 Å². The highest BCUT2D eigenvalue weighted by Crippen LogP contribution is 2.12. The predicted octanol–water partition coefficient (Wildman–Crippen LogP) is 3.81. The monoisotopic (exact) mass is 187 g/mol. The molecule has 0 radical (unpaired) electrons. The summed E-state index contributed by atoms with van der Waals surface area (Å²) >= 11 is 0. The third-order valence-corrected chi connectivity index (χ3v) is 1.99. The molecular weight excluding hydrogens is 170 g/mol. The van der Waals surface area contributed by atoms with Gasteiger partial charge in [-0.1, -0.05) is 43.0 Å². The highest BCUT2D eigenvalue weighted by molar-refractivity contribution is 5.60. The molecule has 0 unspecified atom stereocenters. The fourth-order valence-corrected chi connectivity index (χ4v) is 1.27. The molecule has 0 spiro atoms. The van der Waals surface area contributed by atoms with Crippen LogP contribution in [0.5, 0.6) is 0 Å². The SMILES string of the molecule is C=C/C=C\C=C\CCC1=CCCC=N1. The average molecular weight is 187 g/mol. The van der Waals surface area contributed by atoms with E-state index in [1.165, 1.54) is 5.70 Å². The molecule has 74 valence electrons. The summed E-state index contributed by atoms with van der Waals surface area (Å²) in [7, 11) is 0. The molecule has 0 aromatic carbocycles. The molecule has 0 saturated carbocycles. The molecule has 0 aromatic heterocycles. The zero-order valence-corrected chi connectivity index (χ0v) is 8.52. The Balaban J connectivity index is 2.17. The van der Waals surface area contributed by atoms with Crippen LogP contribution in [0.25, 0.3) is 0 Å². The van der Waals surface area contributed by atoms with Crippen molar-refractivity contribution < 1.29 is 0 Å². The zero-order valence-electron chi connectivity index (χ0n) is 8.52. The number of allylic oxidation sites excluding steroid dienone is 7. The molecule has 1 nitrogen and oxygen atoms in total. The minimum Gasteiger partial charge on any atom is -0.266 e. The van der Waals surface area contributed by atoms with Crippen molar-refractivity contribution in [2.45, 2.75) is 25.7 Å². The lowest BCUT2D eigenvalue weighted by Gasteiger charge is -2.03. The van der Waals surface area contributed by atoms with Gasteiger partial charge in [-0.3, -0.25) is 4.99 Å². The summed E-state index contributed by atoms with van der Waals surface area (Å²) in [6.07, 6.45) is 18.5. The van der Waals surface area contributed by atoms with Crippen LogP contribution in [-0.4, -0.2) is 6.21 Å². The van der Waals surface area contributed by atoms with Gasteiger partial charge < -0.3 is 0 Å². The summed E-state index contributed by atoms with van der Waals surface area (Å²) in [5.74, 6) is 0. The lowest BCUT2D eigenvalue weighted by Crippen LogP contribution is -1.87. The van der Waals surface area contributed by atoms with Gasteiger partial charge in [0, 0.05) is 11.9 Å². The Morgan fingerprint density at radius 3 is 2.93 bits per heavy atom. The van der Waals surface area contributed by atoms with Crippen LogP contribution in [-0.2, 0) is 0 Å². The first-order valence-electron chi connectivity index (χ1n) is 5.09. The first-order chi connectivity index (χ1) is 6.93. The fraction of sp³-hybridized carbons (Fsp3) is 0.308.